The fraction of sp³-hybridized carbons (Fsp3) is 0.533. The SMILES string of the molecule is COc1ccc2c(c1)OC1(C)CC2NC(=S)N1C1CC1. The molecule has 0 aromatic heterocycles. The highest BCUT2D eigenvalue weighted by molar-refractivity contribution is 7.80. The summed E-state index contributed by atoms with van der Waals surface area (Å²) >= 11 is 5.56. The number of hydrogen-bond acceptors (Lipinski definition) is 3. The van der Waals surface area contributed by atoms with Gasteiger partial charge in [-0.1, -0.05) is 0 Å². The normalized spacial score (nSPS) is 31.2. The van der Waals surface area contributed by atoms with Crippen LogP contribution in [-0.4, -0.2) is 28.9 Å². The summed E-state index contributed by atoms with van der Waals surface area (Å²) in [4.78, 5) is 2.25. The van der Waals surface area contributed by atoms with E-state index < -0.39 is 0 Å². The zero-order valence-electron chi connectivity index (χ0n) is 11.7. The molecule has 106 valence electrons. The van der Waals surface area contributed by atoms with Gasteiger partial charge in [-0.3, -0.25) is 0 Å². The minimum absolute atomic E-state index is 0.233. The molecule has 0 amide bonds. The Morgan fingerprint density at radius 2 is 2.25 bits per heavy atom. The first-order valence-electron chi connectivity index (χ1n) is 7.07. The third-order valence-electron chi connectivity index (χ3n) is 4.45. The van der Waals surface area contributed by atoms with E-state index in [9.17, 15) is 0 Å². The lowest BCUT2D eigenvalue weighted by atomic mass is 9.90. The van der Waals surface area contributed by atoms with Crippen molar-refractivity contribution in [1.29, 1.82) is 0 Å². The topological polar surface area (TPSA) is 33.7 Å². The molecule has 1 aromatic carbocycles. The average molecular weight is 290 g/mol. The van der Waals surface area contributed by atoms with Gasteiger partial charge in [0.25, 0.3) is 0 Å². The summed E-state index contributed by atoms with van der Waals surface area (Å²) in [5.41, 5.74) is 0.828. The number of hydrogen-bond donors (Lipinski definition) is 1. The van der Waals surface area contributed by atoms with Crippen molar-refractivity contribution in [3.63, 3.8) is 0 Å². The monoisotopic (exact) mass is 290 g/mol. The maximum atomic E-state index is 6.34. The molecule has 2 bridgehead atoms. The first-order chi connectivity index (χ1) is 9.60. The quantitative estimate of drug-likeness (QED) is 0.847. The molecule has 2 unspecified atom stereocenters. The lowest BCUT2D eigenvalue weighted by Crippen LogP contribution is -2.65. The molecule has 1 aromatic rings. The van der Waals surface area contributed by atoms with E-state index in [0.717, 1.165) is 23.0 Å². The third kappa shape index (κ3) is 1.69. The molecule has 2 atom stereocenters. The van der Waals surface area contributed by atoms with Crippen molar-refractivity contribution < 1.29 is 9.47 Å². The second-order valence-electron chi connectivity index (χ2n) is 5.99. The van der Waals surface area contributed by atoms with Crippen molar-refractivity contribution in [2.75, 3.05) is 7.11 Å². The number of nitrogens with zero attached hydrogens (tertiary/aromatic N) is 1. The van der Waals surface area contributed by atoms with Crippen LogP contribution in [0, 0.1) is 0 Å². The van der Waals surface area contributed by atoms with Crippen molar-refractivity contribution in [3.8, 4) is 11.5 Å². The molecule has 4 nitrogen and oxygen atoms in total. The first-order valence-corrected chi connectivity index (χ1v) is 7.48. The molecule has 2 fully saturated rings. The molecule has 20 heavy (non-hydrogen) atoms. The van der Waals surface area contributed by atoms with Crippen LogP contribution in [0.3, 0.4) is 0 Å². The standard InChI is InChI=1S/C15H18N2O2S/c1-15-8-12(16-14(20)17(15)9-3-4-9)11-6-5-10(18-2)7-13(11)19-15/h5-7,9,12H,3-4,8H2,1-2H3,(H,16,20). The minimum Gasteiger partial charge on any atom is -0.497 e. The summed E-state index contributed by atoms with van der Waals surface area (Å²) < 4.78 is 11.6. The zero-order valence-corrected chi connectivity index (χ0v) is 12.5. The molecule has 1 saturated carbocycles. The number of rotatable bonds is 2. The molecule has 3 aliphatic rings. The molecule has 0 spiro atoms. The van der Waals surface area contributed by atoms with Crippen LogP contribution in [-0.2, 0) is 0 Å². The van der Waals surface area contributed by atoms with Crippen molar-refractivity contribution in [1.82, 2.24) is 10.2 Å². The second-order valence-corrected chi connectivity index (χ2v) is 6.37. The summed E-state index contributed by atoms with van der Waals surface area (Å²) in [5.74, 6) is 1.73. The smallest absolute Gasteiger partial charge is 0.184 e. The van der Waals surface area contributed by atoms with Gasteiger partial charge in [0, 0.05) is 24.1 Å². The lowest BCUT2D eigenvalue weighted by molar-refractivity contribution is -0.0722. The molecule has 0 radical (unpaired) electrons. The van der Waals surface area contributed by atoms with Gasteiger partial charge < -0.3 is 19.7 Å². The van der Waals surface area contributed by atoms with E-state index in [1.54, 1.807) is 7.11 Å². The second kappa shape index (κ2) is 4.01. The Hall–Kier alpha value is -1.49. The van der Waals surface area contributed by atoms with Gasteiger partial charge in [-0.15, -0.1) is 0 Å². The van der Waals surface area contributed by atoms with E-state index in [4.69, 9.17) is 21.7 Å². The van der Waals surface area contributed by atoms with Gasteiger partial charge in [0.15, 0.2) is 10.8 Å². The summed E-state index contributed by atoms with van der Waals surface area (Å²) in [5, 5.41) is 4.30. The number of benzene rings is 1. The van der Waals surface area contributed by atoms with Crippen molar-refractivity contribution in [2.45, 2.75) is 44.0 Å². The number of methoxy groups -OCH3 is 1. The Labute approximate surface area is 124 Å². The molecule has 1 saturated heterocycles. The fourth-order valence-electron chi connectivity index (χ4n) is 3.38. The Morgan fingerprint density at radius 1 is 1.45 bits per heavy atom. The molecular weight excluding hydrogens is 272 g/mol. The molecular formula is C15H18N2O2S. The maximum absolute atomic E-state index is 6.34. The van der Waals surface area contributed by atoms with Crippen molar-refractivity contribution >= 4 is 17.3 Å². The fourth-order valence-corrected chi connectivity index (χ4v) is 3.86. The molecule has 5 heteroatoms. The van der Waals surface area contributed by atoms with Crippen LogP contribution in [0.25, 0.3) is 0 Å². The highest BCUT2D eigenvalue weighted by atomic mass is 32.1. The largest absolute Gasteiger partial charge is 0.497 e. The van der Waals surface area contributed by atoms with Crippen molar-refractivity contribution in [2.24, 2.45) is 0 Å². The summed E-state index contributed by atoms with van der Waals surface area (Å²) in [6.07, 6.45) is 3.33. The Bertz CT molecular complexity index is 587. The molecule has 1 N–H and O–H groups in total. The first kappa shape index (κ1) is 12.3. The Balaban J connectivity index is 1.77. The summed E-state index contributed by atoms with van der Waals surface area (Å²) in [6.45, 7) is 2.15. The number of nitrogens with one attached hydrogen (secondary N) is 1. The molecule has 2 heterocycles. The van der Waals surface area contributed by atoms with Crippen LogP contribution in [0.5, 0.6) is 11.5 Å². The van der Waals surface area contributed by atoms with Gasteiger partial charge in [0.05, 0.1) is 13.2 Å². The van der Waals surface area contributed by atoms with Crippen LogP contribution in [0.15, 0.2) is 18.2 Å². The molecule has 1 aliphatic carbocycles. The maximum Gasteiger partial charge on any atom is 0.184 e. The number of fused-ring (bicyclic) bond motifs is 4. The predicted octanol–water partition coefficient (Wildman–Crippen LogP) is 2.59. The van der Waals surface area contributed by atoms with Crippen LogP contribution in [0.4, 0.5) is 0 Å². The molecule has 2 aliphatic heterocycles. The Kier molecular flexibility index (Phi) is 2.46. The minimum atomic E-state index is -0.340. The Morgan fingerprint density at radius 3 is 2.95 bits per heavy atom. The van der Waals surface area contributed by atoms with E-state index in [1.807, 2.05) is 12.1 Å². The lowest BCUT2D eigenvalue weighted by Gasteiger charge is -2.52. The highest BCUT2D eigenvalue weighted by Crippen LogP contribution is 2.48. The van der Waals surface area contributed by atoms with Gasteiger partial charge >= 0.3 is 0 Å². The highest BCUT2D eigenvalue weighted by Gasteiger charge is 2.52. The average Bonchev–Trinajstić information content (AvgIpc) is 3.21. The van der Waals surface area contributed by atoms with Gasteiger partial charge in [-0.2, -0.15) is 0 Å². The van der Waals surface area contributed by atoms with Crippen LogP contribution in [0.1, 0.15) is 37.8 Å². The van der Waals surface area contributed by atoms with Crippen LogP contribution >= 0.6 is 12.2 Å². The van der Waals surface area contributed by atoms with E-state index >= 15 is 0 Å². The number of ether oxygens (including phenoxy) is 2. The molecule has 4 rings (SSSR count). The van der Waals surface area contributed by atoms with Gasteiger partial charge in [0.1, 0.15) is 11.5 Å². The van der Waals surface area contributed by atoms with Gasteiger partial charge in [0.2, 0.25) is 0 Å². The zero-order chi connectivity index (χ0) is 13.9. The van der Waals surface area contributed by atoms with E-state index in [-0.39, 0.29) is 11.8 Å². The van der Waals surface area contributed by atoms with Crippen LogP contribution in [0.2, 0.25) is 0 Å². The summed E-state index contributed by atoms with van der Waals surface area (Å²) in [7, 11) is 1.68. The third-order valence-corrected chi connectivity index (χ3v) is 4.76. The van der Waals surface area contributed by atoms with Gasteiger partial charge in [-0.25, -0.2) is 0 Å². The van der Waals surface area contributed by atoms with E-state index in [0.29, 0.717) is 6.04 Å². The van der Waals surface area contributed by atoms with E-state index in [1.165, 1.54) is 18.4 Å². The van der Waals surface area contributed by atoms with E-state index in [2.05, 4.69) is 23.2 Å². The predicted molar refractivity (Wildman–Crippen MR) is 80.0 cm³/mol. The number of thiocarbonyl (C=S) groups is 1. The van der Waals surface area contributed by atoms with Gasteiger partial charge in [-0.05, 0) is 44.1 Å². The summed E-state index contributed by atoms with van der Waals surface area (Å²) in [6, 6.07) is 6.79. The van der Waals surface area contributed by atoms with Crippen molar-refractivity contribution in [3.05, 3.63) is 23.8 Å². The van der Waals surface area contributed by atoms with Crippen LogP contribution < -0.4 is 14.8 Å².